The largest absolute Gasteiger partial charge is 0.310 e. The van der Waals surface area contributed by atoms with Gasteiger partial charge in [-0.2, -0.15) is 0 Å². The van der Waals surface area contributed by atoms with Crippen LogP contribution >= 0.6 is 27.3 Å². The minimum Gasteiger partial charge on any atom is -0.310 e. The molecule has 0 aliphatic rings. The molecule has 0 spiro atoms. The molecule has 0 aliphatic carbocycles. The molecule has 1 heterocycles. The molecule has 1 aromatic rings. The van der Waals surface area contributed by atoms with Crippen molar-refractivity contribution in [2.24, 2.45) is 5.41 Å². The molecule has 16 heavy (non-hydrogen) atoms. The molecule has 0 saturated heterocycles. The number of rotatable bonds is 5. The van der Waals surface area contributed by atoms with Crippen molar-refractivity contribution in [1.29, 1.82) is 0 Å². The zero-order valence-electron chi connectivity index (χ0n) is 10.9. The molecule has 0 radical (unpaired) electrons. The van der Waals surface area contributed by atoms with E-state index < -0.39 is 0 Å². The number of aryl methyl sites for hydroxylation is 1. The molecule has 0 bridgehead atoms. The Kier molecular flexibility index (Phi) is 5.02. The molecule has 0 fully saturated rings. The Morgan fingerprint density at radius 1 is 1.44 bits per heavy atom. The molecule has 3 heteroatoms. The van der Waals surface area contributed by atoms with Crippen LogP contribution in [0, 0.1) is 12.3 Å². The molecule has 0 amide bonds. The van der Waals surface area contributed by atoms with E-state index >= 15 is 0 Å². The smallest absolute Gasteiger partial charge is 0.0704 e. The van der Waals surface area contributed by atoms with Gasteiger partial charge in [0.05, 0.1) is 3.79 Å². The molecule has 1 aromatic heterocycles. The Bertz CT molecular complexity index is 344. The second-order valence-electron chi connectivity index (χ2n) is 4.89. The van der Waals surface area contributed by atoms with Crippen molar-refractivity contribution in [3.63, 3.8) is 0 Å². The summed E-state index contributed by atoms with van der Waals surface area (Å²) in [5.74, 6) is 0. The molecule has 1 unspecified atom stereocenters. The van der Waals surface area contributed by atoms with Crippen molar-refractivity contribution in [2.75, 3.05) is 6.54 Å². The highest BCUT2D eigenvalue weighted by Crippen LogP contribution is 2.41. The van der Waals surface area contributed by atoms with E-state index in [2.05, 4.69) is 61.9 Å². The van der Waals surface area contributed by atoms with Gasteiger partial charge in [-0.1, -0.05) is 27.7 Å². The van der Waals surface area contributed by atoms with Crippen LogP contribution in [0.25, 0.3) is 0 Å². The summed E-state index contributed by atoms with van der Waals surface area (Å²) in [5.41, 5.74) is 1.74. The molecule has 92 valence electrons. The molecule has 0 aromatic carbocycles. The maximum atomic E-state index is 3.63. The Morgan fingerprint density at radius 2 is 2.06 bits per heavy atom. The number of hydrogen-bond acceptors (Lipinski definition) is 2. The first-order valence-electron chi connectivity index (χ1n) is 5.91. The minimum absolute atomic E-state index is 0.293. The fraction of sp³-hybridized carbons (Fsp3) is 0.692. The molecule has 1 nitrogen and oxygen atoms in total. The van der Waals surface area contributed by atoms with Crippen molar-refractivity contribution in [1.82, 2.24) is 5.32 Å². The summed E-state index contributed by atoms with van der Waals surface area (Å²) in [6, 6.07) is 2.72. The summed E-state index contributed by atoms with van der Waals surface area (Å²) >= 11 is 5.41. The molecule has 0 aliphatic heterocycles. The zero-order valence-corrected chi connectivity index (χ0v) is 13.3. The predicted octanol–water partition coefficient (Wildman–Crippen LogP) is 4.91. The summed E-state index contributed by atoms with van der Waals surface area (Å²) in [6.45, 7) is 12.3. The first-order chi connectivity index (χ1) is 7.42. The average molecular weight is 304 g/mol. The first kappa shape index (κ1) is 14.2. The maximum Gasteiger partial charge on any atom is 0.0704 e. The van der Waals surface area contributed by atoms with Gasteiger partial charge in [0.1, 0.15) is 0 Å². The normalized spacial score (nSPS) is 14.1. The zero-order chi connectivity index (χ0) is 12.3. The number of halogens is 1. The topological polar surface area (TPSA) is 12.0 Å². The average Bonchev–Trinajstić information content (AvgIpc) is 2.54. The summed E-state index contributed by atoms with van der Waals surface area (Å²) in [7, 11) is 0. The molecule has 1 atom stereocenters. The molecular weight excluding hydrogens is 282 g/mol. The first-order valence-corrected chi connectivity index (χ1v) is 7.52. The summed E-state index contributed by atoms with van der Waals surface area (Å²) < 4.78 is 1.23. The van der Waals surface area contributed by atoms with Gasteiger partial charge in [-0.15, -0.1) is 11.3 Å². The van der Waals surface area contributed by atoms with Crippen LogP contribution in [0.5, 0.6) is 0 Å². The van der Waals surface area contributed by atoms with E-state index in [0.29, 0.717) is 11.5 Å². The predicted molar refractivity (Wildman–Crippen MR) is 77.2 cm³/mol. The fourth-order valence-electron chi connectivity index (χ4n) is 1.96. The lowest BCUT2D eigenvalue weighted by atomic mass is 9.78. The van der Waals surface area contributed by atoms with E-state index in [-0.39, 0.29) is 0 Å². The third-order valence-corrected chi connectivity index (χ3v) is 4.91. The van der Waals surface area contributed by atoms with E-state index in [4.69, 9.17) is 0 Å². The minimum atomic E-state index is 0.293. The lowest BCUT2D eigenvalue weighted by Gasteiger charge is -2.34. The van der Waals surface area contributed by atoms with Crippen molar-refractivity contribution in [3.8, 4) is 0 Å². The molecular formula is C13H22BrNS. The number of nitrogens with one attached hydrogen (secondary N) is 1. The second kappa shape index (κ2) is 5.65. The second-order valence-corrected chi connectivity index (χ2v) is 7.53. The molecule has 1 rings (SSSR count). The van der Waals surface area contributed by atoms with Gasteiger partial charge in [0, 0.05) is 10.9 Å². The Morgan fingerprint density at radius 3 is 2.44 bits per heavy atom. The van der Waals surface area contributed by atoms with E-state index in [1.54, 1.807) is 0 Å². The highest BCUT2D eigenvalue weighted by atomic mass is 79.9. The van der Waals surface area contributed by atoms with Crippen LogP contribution in [-0.2, 0) is 0 Å². The highest BCUT2D eigenvalue weighted by molar-refractivity contribution is 9.11. The highest BCUT2D eigenvalue weighted by Gasteiger charge is 2.30. The van der Waals surface area contributed by atoms with E-state index in [1.807, 2.05) is 11.3 Å². The van der Waals surface area contributed by atoms with Crippen LogP contribution in [0.3, 0.4) is 0 Å². The van der Waals surface area contributed by atoms with Gasteiger partial charge in [-0.25, -0.2) is 0 Å². The van der Waals surface area contributed by atoms with Crippen molar-refractivity contribution >= 4 is 27.3 Å². The van der Waals surface area contributed by atoms with Gasteiger partial charge < -0.3 is 5.32 Å². The monoisotopic (exact) mass is 303 g/mol. The molecule has 0 saturated carbocycles. The van der Waals surface area contributed by atoms with E-state index in [1.165, 1.54) is 20.6 Å². The van der Waals surface area contributed by atoms with Gasteiger partial charge in [-0.05, 0) is 52.9 Å². The van der Waals surface area contributed by atoms with E-state index in [0.717, 1.165) is 6.54 Å². The van der Waals surface area contributed by atoms with Crippen molar-refractivity contribution in [2.45, 2.75) is 47.1 Å². The van der Waals surface area contributed by atoms with Crippen LogP contribution in [0.1, 0.15) is 50.6 Å². The fourth-order valence-corrected chi connectivity index (χ4v) is 3.71. The summed E-state index contributed by atoms with van der Waals surface area (Å²) in [5, 5.41) is 3.63. The lowest BCUT2D eigenvalue weighted by Crippen LogP contribution is -2.33. The maximum absolute atomic E-state index is 3.63. The quantitative estimate of drug-likeness (QED) is 0.815. The van der Waals surface area contributed by atoms with Gasteiger partial charge >= 0.3 is 0 Å². The Balaban J connectivity index is 3.07. The number of thiophene rings is 1. The third kappa shape index (κ3) is 3.08. The summed E-state index contributed by atoms with van der Waals surface area (Å²) in [4.78, 5) is 1.42. The van der Waals surface area contributed by atoms with Gasteiger partial charge in [0.15, 0.2) is 0 Å². The van der Waals surface area contributed by atoms with Gasteiger partial charge in [-0.3, -0.25) is 0 Å². The van der Waals surface area contributed by atoms with Crippen LogP contribution in [0.2, 0.25) is 0 Å². The van der Waals surface area contributed by atoms with Crippen LogP contribution < -0.4 is 5.32 Å². The lowest BCUT2D eigenvalue weighted by molar-refractivity contribution is 0.237. The van der Waals surface area contributed by atoms with E-state index in [9.17, 15) is 0 Å². The standard InChI is InChI=1S/C13H22BrNS/c1-6-13(4,5)12(15-7-2)10-8-11(14)16-9(10)3/h8,12,15H,6-7H2,1-5H3. The van der Waals surface area contributed by atoms with Crippen LogP contribution in [0.15, 0.2) is 9.85 Å². The van der Waals surface area contributed by atoms with Crippen LogP contribution in [0.4, 0.5) is 0 Å². The summed E-state index contributed by atoms with van der Waals surface area (Å²) in [6.07, 6.45) is 1.18. The molecule has 1 N–H and O–H groups in total. The third-order valence-electron chi connectivity index (χ3n) is 3.34. The van der Waals surface area contributed by atoms with Crippen molar-refractivity contribution < 1.29 is 0 Å². The van der Waals surface area contributed by atoms with Gasteiger partial charge in [0.2, 0.25) is 0 Å². The van der Waals surface area contributed by atoms with Crippen molar-refractivity contribution in [3.05, 3.63) is 20.3 Å². The van der Waals surface area contributed by atoms with Crippen LogP contribution in [-0.4, -0.2) is 6.54 Å². The van der Waals surface area contributed by atoms with Gasteiger partial charge in [0.25, 0.3) is 0 Å². The Hall–Kier alpha value is 0.140. The number of hydrogen-bond donors (Lipinski definition) is 1. The Labute approximate surface area is 112 Å². The SMILES string of the molecule is CCNC(c1cc(Br)sc1C)C(C)(C)CC.